The van der Waals surface area contributed by atoms with E-state index < -0.39 is 0 Å². The molecule has 13 heteroatoms. The lowest BCUT2D eigenvalue weighted by molar-refractivity contribution is 0.171. The molecule has 4 aromatic rings. The standard InChI is InChI=1S/C38H51N11O2/c1-38(2,3)33(39)23-34(41-27-24-40-48(25-27)22-21-46-17-9-10-18-46)43-36(50)42-31-14-15-32(30-12-6-5-11-29(30)31)51-28-13-16-35-44-45-37(49(35)26-28)47-19-7-4-8-20-47/h5-6,11-13,16,23-26,31-32H,4,7-10,14-15,17-22,39H2,1-3H3,(H2,41,42,43,50). The summed E-state index contributed by atoms with van der Waals surface area (Å²) in [6.07, 6.45) is 14.7. The van der Waals surface area contributed by atoms with Crippen molar-refractivity contribution in [2.75, 3.05) is 37.6 Å². The molecule has 270 valence electrons. The zero-order valence-electron chi connectivity index (χ0n) is 30.1. The molecule has 2 amide bonds. The Morgan fingerprint density at radius 2 is 1.73 bits per heavy atom. The molecule has 3 aromatic heterocycles. The number of amides is 2. The van der Waals surface area contributed by atoms with Crippen LogP contribution in [0.4, 0.5) is 16.4 Å². The number of likely N-dealkylation sites (tertiary alicyclic amines) is 1. The Morgan fingerprint density at radius 1 is 0.961 bits per heavy atom. The van der Waals surface area contributed by atoms with Gasteiger partial charge in [-0.3, -0.25) is 14.4 Å². The van der Waals surface area contributed by atoms with Gasteiger partial charge in [0, 0.05) is 36.8 Å². The summed E-state index contributed by atoms with van der Waals surface area (Å²) in [5.74, 6) is 1.98. The predicted molar refractivity (Wildman–Crippen MR) is 199 cm³/mol. The molecule has 5 heterocycles. The Kier molecular flexibility index (Phi) is 10.3. The number of ether oxygens (including phenoxy) is 1. The van der Waals surface area contributed by atoms with Crippen molar-refractivity contribution in [2.45, 2.75) is 84.4 Å². The number of nitrogens with one attached hydrogen (secondary N) is 2. The molecule has 0 saturated carbocycles. The van der Waals surface area contributed by atoms with E-state index in [0.29, 0.717) is 23.6 Å². The molecule has 2 fully saturated rings. The summed E-state index contributed by atoms with van der Waals surface area (Å²) in [6, 6.07) is 11.5. The SMILES string of the molecule is CC(C)(C)C(N)=CC(=Nc1cnn(CCN2CCCC2)c1)NC(=O)NC1CCC(Oc2ccc3nnc(N4CCCCC4)n3c2)c2ccccc21. The third-order valence-electron chi connectivity index (χ3n) is 10.1. The molecule has 1 aliphatic carbocycles. The number of benzene rings is 1. The fraction of sp³-hybridized carbons (Fsp3) is 0.500. The molecule has 0 bridgehead atoms. The Balaban J connectivity index is 1.04. The number of nitrogens with two attached hydrogens (primary N) is 1. The van der Waals surface area contributed by atoms with Gasteiger partial charge in [0.2, 0.25) is 5.95 Å². The molecule has 0 radical (unpaired) electrons. The smallest absolute Gasteiger partial charge is 0.320 e. The third kappa shape index (κ3) is 8.36. The molecule has 2 aliphatic heterocycles. The monoisotopic (exact) mass is 693 g/mol. The molecule has 13 nitrogen and oxygen atoms in total. The molecule has 51 heavy (non-hydrogen) atoms. The summed E-state index contributed by atoms with van der Waals surface area (Å²) in [6.45, 7) is 12.1. The van der Waals surface area contributed by atoms with E-state index >= 15 is 0 Å². The van der Waals surface area contributed by atoms with E-state index in [4.69, 9.17) is 15.5 Å². The highest BCUT2D eigenvalue weighted by Crippen LogP contribution is 2.39. The zero-order valence-corrected chi connectivity index (χ0v) is 30.1. The first-order chi connectivity index (χ1) is 24.7. The summed E-state index contributed by atoms with van der Waals surface area (Å²) >= 11 is 0. The maximum Gasteiger partial charge on any atom is 0.320 e. The molecule has 1 aromatic carbocycles. The van der Waals surface area contributed by atoms with Crippen LogP contribution in [0.5, 0.6) is 5.75 Å². The number of fused-ring (bicyclic) bond motifs is 2. The fourth-order valence-corrected chi connectivity index (χ4v) is 7.12. The van der Waals surface area contributed by atoms with Gasteiger partial charge in [0.1, 0.15) is 23.4 Å². The summed E-state index contributed by atoms with van der Waals surface area (Å²) in [5.41, 5.74) is 10.3. The minimum atomic E-state index is -0.351. The van der Waals surface area contributed by atoms with Crippen LogP contribution in [-0.2, 0) is 6.54 Å². The van der Waals surface area contributed by atoms with E-state index in [-0.39, 0.29) is 23.6 Å². The van der Waals surface area contributed by atoms with Gasteiger partial charge < -0.3 is 25.6 Å². The molecule has 3 aliphatic rings. The summed E-state index contributed by atoms with van der Waals surface area (Å²) in [4.78, 5) is 23.1. The first-order valence-corrected chi connectivity index (χ1v) is 18.4. The maximum absolute atomic E-state index is 13.6. The van der Waals surface area contributed by atoms with Crippen LogP contribution in [0.1, 0.15) is 89.0 Å². The quantitative estimate of drug-likeness (QED) is 0.146. The van der Waals surface area contributed by atoms with Crippen LogP contribution in [0.15, 0.2) is 71.8 Å². The number of urea groups is 1. The Bertz CT molecular complexity index is 1880. The molecular weight excluding hydrogens is 642 g/mol. The summed E-state index contributed by atoms with van der Waals surface area (Å²) in [5, 5.41) is 19.6. The number of rotatable bonds is 9. The number of anilines is 1. The Hall–Kier alpha value is -4.91. The number of amidine groups is 1. The summed E-state index contributed by atoms with van der Waals surface area (Å²) in [7, 11) is 0. The van der Waals surface area contributed by atoms with Gasteiger partial charge in [0.05, 0.1) is 31.2 Å². The van der Waals surface area contributed by atoms with Gasteiger partial charge >= 0.3 is 6.03 Å². The maximum atomic E-state index is 13.6. The van der Waals surface area contributed by atoms with Crippen molar-refractivity contribution in [3.63, 3.8) is 0 Å². The average Bonchev–Trinajstić information content (AvgIpc) is 3.90. The molecule has 2 unspecified atom stereocenters. The number of piperidine rings is 1. The van der Waals surface area contributed by atoms with Crippen LogP contribution in [-0.4, -0.2) is 73.9 Å². The number of allylic oxidation sites excluding steroid dienone is 1. The number of nitrogens with zero attached hydrogens (tertiary/aromatic N) is 8. The van der Waals surface area contributed by atoms with Crippen molar-refractivity contribution >= 4 is 29.1 Å². The lowest BCUT2D eigenvalue weighted by Crippen LogP contribution is -2.42. The van der Waals surface area contributed by atoms with Crippen LogP contribution in [0.3, 0.4) is 0 Å². The first-order valence-electron chi connectivity index (χ1n) is 18.4. The second-order valence-electron chi connectivity index (χ2n) is 15.0. The minimum absolute atomic E-state index is 0.164. The molecule has 2 atom stereocenters. The normalized spacial score (nSPS) is 20.4. The second kappa shape index (κ2) is 15.1. The number of hydrogen-bond acceptors (Lipinski definition) is 9. The fourth-order valence-electron chi connectivity index (χ4n) is 7.12. The van der Waals surface area contributed by atoms with Crippen molar-refractivity contribution in [1.82, 2.24) is 39.9 Å². The molecule has 7 rings (SSSR count). The molecule has 0 spiro atoms. The van der Waals surface area contributed by atoms with Gasteiger partial charge in [-0.1, -0.05) is 45.0 Å². The average molecular weight is 694 g/mol. The van der Waals surface area contributed by atoms with Gasteiger partial charge in [0.15, 0.2) is 5.65 Å². The largest absolute Gasteiger partial charge is 0.484 e. The third-order valence-corrected chi connectivity index (χ3v) is 10.1. The van der Waals surface area contributed by atoms with E-state index in [2.05, 4.69) is 47.9 Å². The van der Waals surface area contributed by atoms with Crippen LogP contribution in [0, 0.1) is 5.41 Å². The van der Waals surface area contributed by atoms with Gasteiger partial charge in [-0.05, 0) is 81.3 Å². The number of aromatic nitrogens is 5. The lowest BCUT2D eigenvalue weighted by atomic mass is 9.85. The predicted octanol–water partition coefficient (Wildman–Crippen LogP) is 5.89. The lowest BCUT2D eigenvalue weighted by Gasteiger charge is -2.32. The van der Waals surface area contributed by atoms with Crippen molar-refractivity contribution < 1.29 is 9.53 Å². The van der Waals surface area contributed by atoms with Crippen molar-refractivity contribution in [2.24, 2.45) is 16.1 Å². The second-order valence-corrected chi connectivity index (χ2v) is 15.0. The van der Waals surface area contributed by atoms with Gasteiger partial charge in [-0.25, -0.2) is 9.79 Å². The van der Waals surface area contributed by atoms with Gasteiger partial charge in [0.25, 0.3) is 0 Å². The van der Waals surface area contributed by atoms with E-state index in [1.165, 1.54) is 19.3 Å². The van der Waals surface area contributed by atoms with Gasteiger partial charge in [-0.2, -0.15) is 5.10 Å². The van der Waals surface area contributed by atoms with Crippen LogP contribution in [0.2, 0.25) is 0 Å². The van der Waals surface area contributed by atoms with Crippen molar-refractivity contribution in [1.29, 1.82) is 0 Å². The number of pyridine rings is 1. The number of carbonyl (C=O) groups is 1. The Labute approximate surface area is 299 Å². The van der Waals surface area contributed by atoms with Crippen molar-refractivity contribution in [3.8, 4) is 5.75 Å². The van der Waals surface area contributed by atoms with Crippen LogP contribution in [0.25, 0.3) is 5.65 Å². The summed E-state index contributed by atoms with van der Waals surface area (Å²) < 4.78 is 10.6. The highest BCUT2D eigenvalue weighted by atomic mass is 16.5. The highest BCUT2D eigenvalue weighted by Gasteiger charge is 2.30. The number of carbonyl (C=O) groups excluding carboxylic acids is 1. The van der Waals surface area contributed by atoms with Crippen LogP contribution >= 0.6 is 0 Å². The topological polar surface area (TPSA) is 143 Å². The minimum Gasteiger partial charge on any atom is -0.484 e. The first kappa shape index (κ1) is 34.5. The van der Waals surface area contributed by atoms with Crippen LogP contribution < -0.4 is 26.0 Å². The van der Waals surface area contributed by atoms with Gasteiger partial charge in [-0.15, -0.1) is 10.2 Å². The van der Waals surface area contributed by atoms with E-state index in [0.717, 1.165) is 87.0 Å². The van der Waals surface area contributed by atoms with Crippen molar-refractivity contribution in [3.05, 3.63) is 77.9 Å². The van der Waals surface area contributed by atoms with E-state index in [1.807, 2.05) is 66.5 Å². The molecule has 2 saturated heterocycles. The zero-order chi connectivity index (χ0) is 35.4. The number of aliphatic imine (C=N–C) groups is 1. The van der Waals surface area contributed by atoms with E-state index in [1.54, 1.807) is 12.3 Å². The molecule has 4 N–H and O–H groups in total. The number of hydrogen-bond donors (Lipinski definition) is 3. The van der Waals surface area contributed by atoms with E-state index in [9.17, 15) is 4.79 Å². The Morgan fingerprint density at radius 3 is 2.51 bits per heavy atom. The highest BCUT2D eigenvalue weighted by molar-refractivity contribution is 6.05. The molecular formula is C38H51N11O2.